The Morgan fingerprint density at radius 1 is 1.14 bits per heavy atom. The maximum absolute atomic E-state index is 11.0. The Balaban J connectivity index is 1.94. The zero-order valence-electron chi connectivity index (χ0n) is 11.7. The molecular formula is C17H14ClNO3. The van der Waals surface area contributed by atoms with E-state index >= 15 is 0 Å². The summed E-state index contributed by atoms with van der Waals surface area (Å²) in [6, 6.07) is 15.0. The van der Waals surface area contributed by atoms with E-state index in [1.165, 1.54) is 0 Å². The minimum atomic E-state index is -0.908. The third-order valence-electron chi connectivity index (χ3n) is 3.39. The summed E-state index contributed by atoms with van der Waals surface area (Å²) >= 11 is 6.12. The van der Waals surface area contributed by atoms with Gasteiger partial charge in [-0.05, 0) is 18.2 Å². The molecule has 0 aliphatic heterocycles. The minimum Gasteiger partial charge on any atom is -0.486 e. The number of aromatic amines is 1. The molecule has 0 amide bonds. The molecule has 1 aromatic heterocycles. The van der Waals surface area contributed by atoms with E-state index in [-0.39, 0.29) is 13.0 Å². The number of benzene rings is 2. The predicted molar refractivity (Wildman–Crippen MR) is 85.4 cm³/mol. The zero-order chi connectivity index (χ0) is 15.5. The van der Waals surface area contributed by atoms with Crippen molar-refractivity contribution in [3.63, 3.8) is 0 Å². The van der Waals surface area contributed by atoms with Crippen LogP contribution < -0.4 is 4.74 Å². The number of para-hydroxylation sites is 1. The molecule has 112 valence electrons. The monoisotopic (exact) mass is 315 g/mol. The van der Waals surface area contributed by atoms with Crippen molar-refractivity contribution >= 4 is 28.5 Å². The van der Waals surface area contributed by atoms with Crippen LogP contribution in [0.4, 0.5) is 0 Å². The molecule has 0 aliphatic rings. The van der Waals surface area contributed by atoms with Gasteiger partial charge in [-0.25, -0.2) is 0 Å². The second-order valence-electron chi connectivity index (χ2n) is 4.93. The number of aromatic nitrogens is 1. The van der Waals surface area contributed by atoms with Crippen LogP contribution >= 0.6 is 11.6 Å². The molecule has 2 aromatic carbocycles. The molecule has 0 spiro atoms. The molecule has 0 saturated heterocycles. The van der Waals surface area contributed by atoms with Crippen LogP contribution in [0.5, 0.6) is 5.75 Å². The van der Waals surface area contributed by atoms with Gasteiger partial charge in [0.2, 0.25) is 0 Å². The van der Waals surface area contributed by atoms with Gasteiger partial charge in [-0.15, -0.1) is 0 Å². The topological polar surface area (TPSA) is 62.3 Å². The molecule has 3 rings (SSSR count). The first kappa shape index (κ1) is 14.5. The van der Waals surface area contributed by atoms with Gasteiger partial charge in [0.05, 0.1) is 12.1 Å². The number of rotatable bonds is 5. The van der Waals surface area contributed by atoms with Gasteiger partial charge in [0, 0.05) is 21.5 Å². The van der Waals surface area contributed by atoms with E-state index in [1.54, 1.807) is 6.07 Å². The van der Waals surface area contributed by atoms with Gasteiger partial charge in [-0.2, -0.15) is 0 Å². The van der Waals surface area contributed by atoms with Crippen molar-refractivity contribution in [2.45, 2.75) is 13.0 Å². The van der Waals surface area contributed by atoms with Crippen molar-refractivity contribution in [1.29, 1.82) is 0 Å². The maximum Gasteiger partial charge on any atom is 0.309 e. The lowest BCUT2D eigenvalue weighted by molar-refractivity contribution is -0.136. The number of carboxylic acids is 1. The van der Waals surface area contributed by atoms with Gasteiger partial charge in [0.25, 0.3) is 0 Å². The summed E-state index contributed by atoms with van der Waals surface area (Å²) in [4.78, 5) is 14.1. The van der Waals surface area contributed by atoms with Crippen LogP contribution in [0.25, 0.3) is 10.9 Å². The maximum atomic E-state index is 11.0. The lowest BCUT2D eigenvalue weighted by atomic mass is 10.2. The van der Waals surface area contributed by atoms with E-state index in [9.17, 15) is 4.79 Å². The highest BCUT2D eigenvalue weighted by Crippen LogP contribution is 2.31. The van der Waals surface area contributed by atoms with Crippen LogP contribution in [0, 0.1) is 0 Å². The first-order valence-corrected chi connectivity index (χ1v) is 7.20. The number of carbonyl (C=O) groups is 1. The summed E-state index contributed by atoms with van der Waals surface area (Å²) in [5, 5.41) is 10.5. The molecule has 0 unspecified atom stereocenters. The fourth-order valence-corrected chi connectivity index (χ4v) is 2.57. The average molecular weight is 316 g/mol. The van der Waals surface area contributed by atoms with Gasteiger partial charge in [-0.3, -0.25) is 4.79 Å². The van der Waals surface area contributed by atoms with Crippen molar-refractivity contribution in [2.24, 2.45) is 0 Å². The Hall–Kier alpha value is -2.46. The fraction of sp³-hybridized carbons (Fsp3) is 0.118. The van der Waals surface area contributed by atoms with Crippen LogP contribution in [0.3, 0.4) is 0 Å². The number of hydrogen-bond acceptors (Lipinski definition) is 2. The van der Waals surface area contributed by atoms with E-state index < -0.39 is 5.97 Å². The van der Waals surface area contributed by atoms with Crippen LogP contribution in [0.15, 0.2) is 48.5 Å². The number of carboxylic acid groups (broad SMARTS) is 1. The Bertz CT molecular complexity index is 826. The predicted octanol–water partition coefficient (Wildman–Crippen LogP) is 4.03. The number of halogens is 1. The third kappa shape index (κ3) is 2.92. The number of hydrogen-bond donors (Lipinski definition) is 2. The van der Waals surface area contributed by atoms with Crippen LogP contribution in [0.1, 0.15) is 11.3 Å². The Morgan fingerprint density at radius 2 is 1.86 bits per heavy atom. The molecule has 2 N–H and O–H groups in total. The standard InChI is InChI=1S/C17H14ClNO3/c18-13-7-3-1-5-11(13)10-22-17-12-6-2-4-8-14(12)19-15(17)9-16(20)21/h1-8,19H,9-10H2,(H,20,21). The molecule has 3 aromatic rings. The third-order valence-corrected chi connectivity index (χ3v) is 3.76. The number of fused-ring (bicyclic) bond motifs is 1. The number of H-pyrrole nitrogens is 1. The summed E-state index contributed by atoms with van der Waals surface area (Å²) < 4.78 is 5.88. The molecule has 22 heavy (non-hydrogen) atoms. The first-order valence-electron chi connectivity index (χ1n) is 6.82. The largest absolute Gasteiger partial charge is 0.486 e. The van der Waals surface area contributed by atoms with Crippen molar-refractivity contribution in [3.05, 3.63) is 64.8 Å². The summed E-state index contributed by atoms with van der Waals surface area (Å²) in [7, 11) is 0. The van der Waals surface area contributed by atoms with Gasteiger partial charge >= 0.3 is 5.97 Å². The van der Waals surface area contributed by atoms with E-state index in [4.69, 9.17) is 21.4 Å². The highest BCUT2D eigenvalue weighted by molar-refractivity contribution is 6.31. The summed E-state index contributed by atoms with van der Waals surface area (Å²) in [5.41, 5.74) is 2.27. The molecule has 1 heterocycles. The summed E-state index contributed by atoms with van der Waals surface area (Å²) in [5.74, 6) is -0.341. The van der Waals surface area contributed by atoms with Crippen molar-refractivity contribution in [3.8, 4) is 5.75 Å². The van der Waals surface area contributed by atoms with Gasteiger partial charge in [-0.1, -0.05) is 41.9 Å². The van der Waals surface area contributed by atoms with Gasteiger partial charge < -0.3 is 14.8 Å². The second kappa shape index (κ2) is 6.12. The van der Waals surface area contributed by atoms with E-state index in [0.717, 1.165) is 16.5 Å². The highest BCUT2D eigenvalue weighted by Gasteiger charge is 2.15. The van der Waals surface area contributed by atoms with E-state index in [1.807, 2.05) is 42.5 Å². The van der Waals surface area contributed by atoms with Gasteiger partial charge in [0.15, 0.2) is 0 Å². The molecule has 0 saturated carbocycles. The lowest BCUT2D eigenvalue weighted by Crippen LogP contribution is -2.04. The number of ether oxygens (including phenoxy) is 1. The molecule has 0 aliphatic carbocycles. The molecule has 0 bridgehead atoms. The summed E-state index contributed by atoms with van der Waals surface area (Å²) in [6.07, 6.45) is -0.119. The van der Waals surface area contributed by atoms with E-state index in [0.29, 0.717) is 16.5 Å². The van der Waals surface area contributed by atoms with Crippen LogP contribution in [0.2, 0.25) is 5.02 Å². The Kier molecular flexibility index (Phi) is 4.02. The van der Waals surface area contributed by atoms with Crippen LogP contribution in [-0.2, 0) is 17.8 Å². The lowest BCUT2D eigenvalue weighted by Gasteiger charge is -2.08. The first-order chi connectivity index (χ1) is 10.6. The van der Waals surface area contributed by atoms with Crippen LogP contribution in [-0.4, -0.2) is 16.1 Å². The van der Waals surface area contributed by atoms with Crippen molar-refractivity contribution in [1.82, 2.24) is 4.98 Å². The molecule has 0 radical (unpaired) electrons. The van der Waals surface area contributed by atoms with Crippen molar-refractivity contribution < 1.29 is 14.6 Å². The molecular weight excluding hydrogens is 302 g/mol. The SMILES string of the molecule is O=C(O)Cc1[nH]c2ccccc2c1OCc1ccccc1Cl. The normalized spacial score (nSPS) is 10.8. The van der Waals surface area contributed by atoms with E-state index in [2.05, 4.69) is 4.98 Å². The summed E-state index contributed by atoms with van der Waals surface area (Å²) in [6.45, 7) is 0.286. The highest BCUT2D eigenvalue weighted by atomic mass is 35.5. The Morgan fingerprint density at radius 3 is 2.64 bits per heavy atom. The molecule has 0 fully saturated rings. The quantitative estimate of drug-likeness (QED) is 0.747. The molecule has 4 nitrogen and oxygen atoms in total. The average Bonchev–Trinajstić information content (AvgIpc) is 2.83. The number of nitrogens with one attached hydrogen (secondary N) is 1. The minimum absolute atomic E-state index is 0.119. The number of aliphatic carboxylic acids is 1. The molecule has 5 heteroatoms. The fourth-order valence-electron chi connectivity index (χ4n) is 2.38. The smallest absolute Gasteiger partial charge is 0.309 e. The molecule has 0 atom stereocenters. The second-order valence-corrected chi connectivity index (χ2v) is 5.34. The van der Waals surface area contributed by atoms with Gasteiger partial charge in [0.1, 0.15) is 12.4 Å². The Labute approximate surface area is 132 Å². The zero-order valence-corrected chi connectivity index (χ0v) is 12.4. The van der Waals surface area contributed by atoms with Crippen molar-refractivity contribution in [2.75, 3.05) is 0 Å².